The van der Waals surface area contributed by atoms with Crippen molar-refractivity contribution in [2.24, 2.45) is 0 Å². The van der Waals surface area contributed by atoms with Crippen LogP contribution < -0.4 is 5.32 Å². The van der Waals surface area contributed by atoms with Crippen LogP contribution in [-0.2, 0) is 22.4 Å². The number of alkyl halides is 3. The Hall–Kier alpha value is -3.18. The third-order valence-electron chi connectivity index (χ3n) is 5.08. The summed E-state index contributed by atoms with van der Waals surface area (Å²) in [5.74, 6) is -1.63. The van der Waals surface area contributed by atoms with Crippen molar-refractivity contribution in [1.29, 1.82) is 0 Å². The Balaban J connectivity index is 1.91. The van der Waals surface area contributed by atoms with Gasteiger partial charge in [-0.05, 0) is 30.3 Å². The normalized spacial score (nSPS) is 12.1. The van der Waals surface area contributed by atoms with E-state index in [1.54, 1.807) is 0 Å². The fourth-order valence-electron chi connectivity index (χ4n) is 3.32. The van der Waals surface area contributed by atoms with Crippen molar-refractivity contribution in [1.82, 2.24) is 9.78 Å². The molecule has 0 unspecified atom stereocenters. The largest absolute Gasteiger partial charge is 0.465 e. The van der Waals surface area contributed by atoms with Crippen LogP contribution in [0.2, 0.25) is 25.7 Å². The second-order valence-electron chi connectivity index (χ2n) is 8.94. The molecule has 3 aromatic rings. The minimum absolute atomic E-state index is 0.103. The summed E-state index contributed by atoms with van der Waals surface area (Å²) in [6, 6.07) is 8.33. The monoisotopic (exact) mass is 493 g/mol. The highest BCUT2D eigenvalue weighted by Crippen LogP contribution is 2.32. The van der Waals surface area contributed by atoms with Crippen LogP contribution in [0.3, 0.4) is 0 Å². The molecule has 182 valence electrons. The Labute approximate surface area is 195 Å². The molecule has 1 heterocycles. The quantitative estimate of drug-likeness (QED) is 0.258. The fourth-order valence-corrected chi connectivity index (χ4v) is 4.08. The lowest BCUT2D eigenvalue weighted by Crippen LogP contribution is -2.22. The molecule has 0 bridgehead atoms. The molecule has 0 radical (unpaired) electrons. The van der Waals surface area contributed by atoms with Gasteiger partial charge in [0.05, 0.1) is 35.5 Å². The number of methoxy groups -OCH3 is 1. The van der Waals surface area contributed by atoms with E-state index in [2.05, 4.69) is 30.1 Å². The maximum Gasteiger partial charge on any atom is 0.417 e. The number of aromatic nitrogens is 2. The standard InChI is InChI=1S/C23H26F3N3O4Si/c1-32-22(31)18-12-16(28-21(30)17-7-5-6-8-19(17)23(24,25)26)11-15-13-27-29(20(15)18)14-33-9-10-34(2,3)4/h5-8,11-13H,9-10,14H2,1-4H3,(H,28,30). The molecule has 2 aromatic carbocycles. The Morgan fingerprint density at radius 2 is 1.82 bits per heavy atom. The van der Waals surface area contributed by atoms with Gasteiger partial charge in [0.25, 0.3) is 5.91 Å². The smallest absolute Gasteiger partial charge is 0.417 e. The lowest BCUT2D eigenvalue weighted by molar-refractivity contribution is -0.137. The molecule has 7 nitrogen and oxygen atoms in total. The number of carbonyl (C=O) groups is 2. The number of hydrogen-bond acceptors (Lipinski definition) is 5. The Bertz CT molecular complexity index is 1200. The minimum Gasteiger partial charge on any atom is -0.465 e. The van der Waals surface area contributed by atoms with Gasteiger partial charge >= 0.3 is 12.1 Å². The first kappa shape index (κ1) is 25.4. The van der Waals surface area contributed by atoms with Crippen molar-refractivity contribution in [3.63, 3.8) is 0 Å². The van der Waals surface area contributed by atoms with Crippen LogP contribution in [0.1, 0.15) is 26.3 Å². The van der Waals surface area contributed by atoms with E-state index in [-0.39, 0.29) is 18.0 Å². The van der Waals surface area contributed by atoms with Crippen LogP contribution in [-0.4, -0.2) is 43.4 Å². The number of ether oxygens (including phenoxy) is 2. The average molecular weight is 494 g/mol. The molecule has 34 heavy (non-hydrogen) atoms. The van der Waals surface area contributed by atoms with Gasteiger partial charge < -0.3 is 14.8 Å². The minimum atomic E-state index is -4.69. The third kappa shape index (κ3) is 6.03. The predicted octanol–water partition coefficient (Wildman–Crippen LogP) is 5.41. The van der Waals surface area contributed by atoms with E-state index >= 15 is 0 Å². The average Bonchev–Trinajstić information content (AvgIpc) is 3.17. The molecule has 0 spiro atoms. The van der Waals surface area contributed by atoms with E-state index in [9.17, 15) is 22.8 Å². The summed E-state index contributed by atoms with van der Waals surface area (Å²) in [4.78, 5) is 25.1. The first-order valence-corrected chi connectivity index (χ1v) is 14.2. The van der Waals surface area contributed by atoms with Gasteiger partial charge in [0.2, 0.25) is 0 Å². The molecule has 0 saturated carbocycles. The molecule has 0 saturated heterocycles. The van der Waals surface area contributed by atoms with Gasteiger partial charge in [-0.15, -0.1) is 0 Å². The van der Waals surface area contributed by atoms with Gasteiger partial charge in [-0.25, -0.2) is 9.48 Å². The Kier molecular flexibility index (Phi) is 7.47. The summed E-state index contributed by atoms with van der Waals surface area (Å²) in [6.07, 6.45) is -3.20. The van der Waals surface area contributed by atoms with Crippen LogP contribution in [0.25, 0.3) is 10.9 Å². The van der Waals surface area contributed by atoms with Gasteiger partial charge in [-0.3, -0.25) is 4.79 Å². The molecule has 1 N–H and O–H groups in total. The lowest BCUT2D eigenvalue weighted by atomic mass is 10.1. The molecule has 0 aliphatic carbocycles. The van der Waals surface area contributed by atoms with Crippen molar-refractivity contribution in [3.8, 4) is 0 Å². The molecule has 0 atom stereocenters. The zero-order valence-corrected chi connectivity index (χ0v) is 20.3. The number of esters is 1. The molecule has 0 aliphatic rings. The number of carbonyl (C=O) groups excluding carboxylic acids is 2. The number of halogens is 3. The number of fused-ring (bicyclic) bond motifs is 1. The van der Waals surface area contributed by atoms with Crippen molar-refractivity contribution in [3.05, 3.63) is 59.3 Å². The zero-order valence-electron chi connectivity index (χ0n) is 19.3. The number of rotatable bonds is 8. The maximum atomic E-state index is 13.3. The first-order chi connectivity index (χ1) is 15.9. The SMILES string of the molecule is COC(=O)c1cc(NC(=O)c2ccccc2C(F)(F)F)cc2cnn(COCC[Si](C)(C)C)c12. The molecule has 1 amide bonds. The highest BCUT2D eigenvalue weighted by molar-refractivity contribution is 6.76. The van der Waals surface area contributed by atoms with Crippen molar-refractivity contribution < 1.29 is 32.2 Å². The number of nitrogens with zero attached hydrogens (tertiary/aromatic N) is 2. The summed E-state index contributed by atoms with van der Waals surface area (Å²) >= 11 is 0. The van der Waals surface area contributed by atoms with Crippen LogP contribution in [0.5, 0.6) is 0 Å². The topological polar surface area (TPSA) is 82.5 Å². The third-order valence-corrected chi connectivity index (χ3v) is 6.79. The Morgan fingerprint density at radius 1 is 1.12 bits per heavy atom. The van der Waals surface area contributed by atoms with Crippen molar-refractivity contribution >= 4 is 36.5 Å². The molecular formula is C23H26F3N3O4Si. The molecule has 1 aromatic heterocycles. The van der Waals surface area contributed by atoms with Crippen LogP contribution in [0.15, 0.2) is 42.6 Å². The molecule has 3 rings (SSSR count). The van der Waals surface area contributed by atoms with E-state index in [1.807, 2.05) is 0 Å². The number of anilines is 1. The zero-order chi connectivity index (χ0) is 25.1. The van der Waals surface area contributed by atoms with E-state index in [0.717, 1.165) is 18.2 Å². The second kappa shape index (κ2) is 9.98. The summed E-state index contributed by atoms with van der Waals surface area (Å²) in [5.41, 5.74) is -0.903. The van der Waals surface area contributed by atoms with Gasteiger partial charge in [0, 0.05) is 25.8 Å². The van der Waals surface area contributed by atoms with Gasteiger partial charge in [0.1, 0.15) is 6.73 Å². The molecular weight excluding hydrogens is 467 g/mol. The van der Waals surface area contributed by atoms with E-state index < -0.39 is 37.3 Å². The summed E-state index contributed by atoms with van der Waals surface area (Å²) in [6.45, 7) is 7.37. The number of benzene rings is 2. The molecule has 11 heteroatoms. The summed E-state index contributed by atoms with van der Waals surface area (Å²) in [5, 5.41) is 7.21. The maximum absolute atomic E-state index is 13.3. The second-order valence-corrected chi connectivity index (χ2v) is 14.6. The summed E-state index contributed by atoms with van der Waals surface area (Å²) < 4.78 is 52.0. The molecule has 0 aliphatic heterocycles. The van der Waals surface area contributed by atoms with Gasteiger partial charge in [-0.1, -0.05) is 31.8 Å². The lowest BCUT2D eigenvalue weighted by Gasteiger charge is -2.16. The highest BCUT2D eigenvalue weighted by Gasteiger charge is 2.35. The van der Waals surface area contributed by atoms with Crippen molar-refractivity contribution in [2.45, 2.75) is 38.6 Å². The summed E-state index contributed by atoms with van der Waals surface area (Å²) in [7, 11) is -0.0617. The van der Waals surface area contributed by atoms with E-state index in [4.69, 9.17) is 9.47 Å². The van der Waals surface area contributed by atoms with E-state index in [1.165, 1.54) is 42.3 Å². The number of amides is 1. The van der Waals surface area contributed by atoms with Gasteiger partial charge in [0.15, 0.2) is 0 Å². The van der Waals surface area contributed by atoms with Crippen molar-refractivity contribution in [2.75, 3.05) is 19.0 Å². The van der Waals surface area contributed by atoms with E-state index in [0.29, 0.717) is 17.5 Å². The Morgan fingerprint density at radius 3 is 2.47 bits per heavy atom. The van der Waals surface area contributed by atoms with Crippen LogP contribution in [0, 0.1) is 0 Å². The highest BCUT2D eigenvalue weighted by atomic mass is 28.3. The number of hydrogen-bond donors (Lipinski definition) is 1. The van der Waals surface area contributed by atoms with Gasteiger partial charge in [-0.2, -0.15) is 18.3 Å². The number of nitrogens with one attached hydrogen (secondary N) is 1. The van der Waals surface area contributed by atoms with Crippen LogP contribution >= 0.6 is 0 Å². The molecule has 0 fully saturated rings. The first-order valence-electron chi connectivity index (χ1n) is 10.5. The van der Waals surface area contributed by atoms with Crippen LogP contribution in [0.4, 0.5) is 18.9 Å². The predicted molar refractivity (Wildman–Crippen MR) is 125 cm³/mol. The fraction of sp³-hybridized carbons (Fsp3) is 0.348.